The molecule has 0 aromatic heterocycles. The first-order chi connectivity index (χ1) is 12.1. The normalized spacial score (nSPS) is 23.4. The molecule has 25 heavy (non-hydrogen) atoms. The Bertz CT molecular complexity index is 906. The van der Waals surface area contributed by atoms with E-state index in [4.69, 9.17) is 0 Å². The fourth-order valence-corrected chi connectivity index (χ4v) is 3.96. The van der Waals surface area contributed by atoms with Crippen LogP contribution in [0.4, 0.5) is 11.4 Å². The summed E-state index contributed by atoms with van der Waals surface area (Å²) in [7, 11) is 0. The molecule has 0 bridgehead atoms. The zero-order valence-corrected chi connectivity index (χ0v) is 13.3. The minimum Gasteiger partial charge on any atom is -0.478 e. The van der Waals surface area contributed by atoms with Crippen molar-refractivity contribution in [3.05, 3.63) is 81.4 Å². The molecule has 0 saturated heterocycles. The minimum absolute atomic E-state index is 0.0409. The molecule has 1 aliphatic heterocycles. The number of hydrogen-bond donors (Lipinski definition) is 2. The first-order valence-electron chi connectivity index (χ1n) is 8.10. The number of nitro groups is 1. The van der Waals surface area contributed by atoms with Crippen LogP contribution >= 0.6 is 0 Å². The number of allylic oxidation sites excluding steroid dienone is 2. The van der Waals surface area contributed by atoms with E-state index in [0.29, 0.717) is 5.69 Å². The average Bonchev–Trinajstić information content (AvgIpc) is 3.10. The van der Waals surface area contributed by atoms with Crippen molar-refractivity contribution in [2.75, 3.05) is 5.32 Å². The number of rotatable bonds is 3. The van der Waals surface area contributed by atoms with Crippen molar-refractivity contribution < 1.29 is 14.8 Å². The molecule has 0 saturated carbocycles. The molecule has 126 valence electrons. The molecular weight excluding hydrogens is 320 g/mol. The van der Waals surface area contributed by atoms with Crippen LogP contribution < -0.4 is 5.32 Å². The molecular formula is C19H16N2O4. The third-order valence-corrected chi connectivity index (χ3v) is 5.07. The van der Waals surface area contributed by atoms with Gasteiger partial charge in [0.05, 0.1) is 22.2 Å². The molecule has 0 amide bonds. The second kappa shape index (κ2) is 5.73. The lowest BCUT2D eigenvalue weighted by Gasteiger charge is -2.38. The number of carbonyl (C=O) groups is 1. The van der Waals surface area contributed by atoms with Crippen LogP contribution in [0, 0.1) is 16.0 Å². The van der Waals surface area contributed by atoms with Gasteiger partial charge in [0.15, 0.2) is 0 Å². The smallest absolute Gasteiger partial charge is 0.337 e. The number of nitrogens with zero attached hydrogens (tertiary/aromatic N) is 1. The van der Waals surface area contributed by atoms with Gasteiger partial charge >= 0.3 is 5.97 Å². The van der Waals surface area contributed by atoms with Gasteiger partial charge in [-0.1, -0.05) is 36.4 Å². The lowest BCUT2D eigenvalue weighted by Crippen LogP contribution is -2.30. The van der Waals surface area contributed by atoms with Gasteiger partial charge in [-0.05, 0) is 29.5 Å². The molecule has 4 rings (SSSR count). The summed E-state index contributed by atoms with van der Waals surface area (Å²) in [6, 6.07) is 11.7. The van der Waals surface area contributed by atoms with Gasteiger partial charge in [0, 0.05) is 18.1 Å². The van der Waals surface area contributed by atoms with E-state index in [0.717, 1.165) is 17.5 Å². The Labute approximate surface area is 144 Å². The monoisotopic (exact) mass is 336 g/mol. The third kappa shape index (κ3) is 2.46. The molecule has 1 heterocycles. The molecule has 0 fully saturated rings. The van der Waals surface area contributed by atoms with Gasteiger partial charge in [-0.2, -0.15) is 0 Å². The number of anilines is 1. The Hall–Kier alpha value is -3.15. The van der Waals surface area contributed by atoms with E-state index >= 15 is 0 Å². The number of para-hydroxylation sites is 1. The van der Waals surface area contributed by atoms with E-state index in [-0.39, 0.29) is 29.1 Å². The molecule has 0 unspecified atom stereocenters. The van der Waals surface area contributed by atoms with Crippen molar-refractivity contribution in [1.82, 2.24) is 0 Å². The number of carboxylic acid groups (broad SMARTS) is 1. The van der Waals surface area contributed by atoms with Crippen molar-refractivity contribution in [2.45, 2.75) is 18.4 Å². The van der Waals surface area contributed by atoms with Crippen LogP contribution in [0.3, 0.4) is 0 Å². The zero-order valence-electron chi connectivity index (χ0n) is 13.3. The van der Waals surface area contributed by atoms with Gasteiger partial charge in [0.25, 0.3) is 5.69 Å². The lowest BCUT2D eigenvalue weighted by molar-refractivity contribution is -0.384. The molecule has 0 spiro atoms. The van der Waals surface area contributed by atoms with Gasteiger partial charge in [-0.3, -0.25) is 10.1 Å². The van der Waals surface area contributed by atoms with E-state index in [1.807, 2.05) is 12.1 Å². The number of non-ortho nitro benzene ring substituents is 1. The first-order valence-corrected chi connectivity index (χ1v) is 8.10. The Kier molecular flexibility index (Phi) is 3.53. The van der Waals surface area contributed by atoms with Crippen molar-refractivity contribution in [3.8, 4) is 0 Å². The predicted molar refractivity (Wildman–Crippen MR) is 92.8 cm³/mol. The van der Waals surface area contributed by atoms with Gasteiger partial charge < -0.3 is 10.4 Å². The highest BCUT2D eigenvalue weighted by molar-refractivity contribution is 5.95. The number of hydrogen-bond acceptors (Lipinski definition) is 4. The summed E-state index contributed by atoms with van der Waals surface area (Å²) in [5.41, 5.74) is 2.66. The Balaban J connectivity index is 1.83. The standard InChI is InChI=1S/C19H16N2O4/c22-19(23)16-9-3-8-15-13-6-2-7-14(13)17(20-18(15)16)11-4-1-5-12(10-11)21(24)25/h1-6,8-10,13-14,17,20H,7H2,(H,22,23)/t13-,14+,17+/m0/s1. The largest absolute Gasteiger partial charge is 0.478 e. The van der Waals surface area contributed by atoms with E-state index in [1.54, 1.807) is 24.3 Å². The fraction of sp³-hybridized carbons (Fsp3) is 0.211. The fourth-order valence-electron chi connectivity index (χ4n) is 3.96. The number of aromatic carboxylic acids is 1. The van der Waals surface area contributed by atoms with Crippen LogP contribution in [0.2, 0.25) is 0 Å². The quantitative estimate of drug-likeness (QED) is 0.500. The van der Waals surface area contributed by atoms with Gasteiger partial charge in [-0.15, -0.1) is 0 Å². The summed E-state index contributed by atoms with van der Waals surface area (Å²) in [5, 5.41) is 24.0. The van der Waals surface area contributed by atoms with Crippen LogP contribution in [-0.4, -0.2) is 16.0 Å². The second-order valence-electron chi connectivity index (χ2n) is 6.40. The molecule has 2 N–H and O–H groups in total. The molecule has 6 heteroatoms. The topological polar surface area (TPSA) is 92.5 Å². The maximum absolute atomic E-state index is 11.6. The average molecular weight is 336 g/mol. The molecule has 6 nitrogen and oxygen atoms in total. The van der Waals surface area contributed by atoms with Crippen molar-refractivity contribution in [2.24, 2.45) is 5.92 Å². The van der Waals surface area contributed by atoms with Crippen LogP contribution in [0.5, 0.6) is 0 Å². The first kappa shape index (κ1) is 15.4. The van der Waals surface area contributed by atoms with Gasteiger partial charge in [-0.25, -0.2) is 4.79 Å². The molecule has 2 aliphatic rings. The summed E-state index contributed by atoms with van der Waals surface area (Å²) < 4.78 is 0. The van der Waals surface area contributed by atoms with Gasteiger partial charge in [0.1, 0.15) is 0 Å². The summed E-state index contributed by atoms with van der Waals surface area (Å²) in [6.45, 7) is 0. The van der Waals surface area contributed by atoms with Crippen LogP contribution in [0.25, 0.3) is 0 Å². The molecule has 0 radical (unpaired) electrons. The van der Waals surface area contributed by atoms with Crippen molar-refractivity contribution >= 4 is 17.3 Å². The molecule has 3 atom stereocenters. The number of carboxylic acids is 1. The number of benzene rings is 2. The number of nitrogens with one attached hydrogen (secondary N) is 1. The van der Waals surface area contributed by atoms with E-state index < -0.39 is 10.9 Å². The highest BCUT2D eigenvalue weighted by atomic mass is 16.6. The zero-order chi connectivity index (χ0) is 17.6. The summed E-state index contributed by atoms with van der Waals surface area (Å²) in [4.78, 5) is 22.3. The third-order valence-electron chi connectivity index (χ3n) is 5.07. The van der Waals surface area contributed by atoms with Crippen LogP contribution in [0.15, 0.2) is 54.6 Å². The molecule has 1 aliphatic carbocycles. The Morgan fingerprint density at radius 3 is 2.80 bits per heavy atom. The Morgan fingerprint density at radius 1 is 1.24 bits per heavy atom. The van der Waals surface area contributed by atoms with E-state index in [1.165, 1.54) is 6.07 Å². The van der Waals surface area contributed by atoms with Gasteiger partial charge in [0.2, 0.25) is 0 Å². The van der Waals surface area contributed by atoms with Crippen molar-refractivity contribution in [1.29, 1.82) is 0 Å². The predicted octanol–water partition coefficient (Wildman–Crippen LogP) is 4.12. The van der Waals surface area contributed by atoms with Crippen LogP contribution in [-0.2, 0) is 0 Å². The second-order valence-corrected chi connectivity index (χ2v) is 6.40. The lowest BCUT2D eigenvalue weighted by atomic mass is 9.76. The van der Waals surface area contributed by atoms with E-state index in [9.17, 15) is 20.0 Å². The number of fused-ring (bicyclic) bond motifs is 3. The number of nitro benzene ring substituents is 1. The Morgan fingerprint density at radius 2 is 2.04 bits per heavy atom. The summed E-state index contributed by atoms with van der Waals surface area (Å²) >= 11 is 0. The highest BCUT2D eigenvalue weighted by Gasteiger charge is 2.39. The van der Waals surface area contributed by atoms with Crippen molar-refractivity contribution in [3.63, 3.8) is 0 Å². The summed E-state index contributed by atoms with van der Waals surface area (Å²) in [6.07, 6.45) is 5.06. The maximum Gasteiger partial charge on any atom is 0.337 e. The summed E-state index contributed by atoms with van der Waals surface area (Å²) in [5.74, 6) is -0.666. The SMILES string of the molecule is O=C(O)c1cccc2c1N[C@H](c1cccc([N+](=O)[O-])c1)[C@@H]1CC=C[C@H]21. The molecule has 2 aromatic rings. The maximum atomic E-state index is 11.6. The van der Waals surface area contributed by atoms with E-state index in [2.05, 4.69) is 17.5 Å². The highest BCUT2D eigenvalue weighted by Crippen LogP contribution is 2.50. The molecule has 2 aromatic carbocycles. The minimum atomic E-state index is -0.984. The van der Waals surface area contributed by atoms with Crippen LogP contribution in [0.1, 0.15) is 39.9 Å².